The van der Waals surface area contributed by atoms with Crippen molar-refractivity contribution in [1.29, 1.82) is 0 Å². The Morgan fingerprint density at radius 1 is 0.889 bits per heavy atom. The zero-order valence-electron chi connectivity index (χ0n) is 24.7. The lowest BCUT2D eigenvalue weighted by molar-refractivity contribution is 0.102. The van der Waals surface area contributed by atoms with Gasteiger partial charge in [-0.3, -0.25) is 4.79 Å². The van der Waals surface area contributed by atoms with E-state index in [-0.39, 0.29) is 5.91 Å². The zero-order chi connectivity index (χ0) is 31.5. The molecule has 6 rings (SSSR count). The number of aryl methyl sites for hydroxylation is 1. The molecular formula is C32H28N6O5S2. The van der Waals surface area contributed by atoms with Crippen molar-refractivity contribution < 1.29 is 23.5 Å². The van der Waals surface area contributed by atoms with E-state index in [4.69, 9.17) is 29.5 Å². The number of thiazole rings is 2. The summed E-state index contributed by atoms with van der Waals surface area (Å²) in [7, 11) is 4.67. The van der Waals surface area contributed by atoms with E-state index in [0.29, 0.717) is 56.6 Å². The lowest BCUT2D eigenvalue weighted by Gasteiger charge is -2.14. The van der Waals surface area contributed by atoms with Crippen molar-refractivity contribution in [2.24, 2.45) is 0 Å². The number of nitrogens with one attached hydrogen (secondary N) is 2. The van der Waals surface area contributed by atoms with Crippen LogP contribution in [0.15, 0.2) is 76.6 Å². The molecule has 3 aromatic carbocycles. The SMILES string of the molecule is COc1cc(Nc2nc(N)c(-c3nc(-c4cccc(NC(=O)c5c(-c6ccccc6)noc5C)c4)cs3)s2)cc(OC)c1OC. The van der Waals surface area contributed by atoms with Gasteiger partial charge in [-0.15, -0.1) is 11.3 Å². The van der Waals surface area contributed by atoms with Crippen molar-refractivity contribution in [3.05, 3.63) is 83.4 Å². The van der Waals surface area contributed by atoms with E-state index in [1.165, 1.54) is 22.7 Å². The molecule has 0 radical (unpaired) electrons. The van der Waals surface area contributed by atoms with Gasteiger partial charge >= 0.3 is 0 Å². The lowest BCUT2D eigenvalue weighted by Crippen LogP contribution is -2.13. The van der Waals surface area contributed by atoms with Crippen molar-refractivity contribution >= 4 is 50.9 Å². The number of carbonyl (C=O) groups excluding carboxylic acids is 1. The van der Waals surface area contributed by atoms with E-state index in [9.17, 15) is 4.79 Å². The molecule has 3 heterocycles. The molecule has 0 spiro atoms. The van der Waals surface area contributed by atoms with Crippen LogP contribution in [0.25, 0.3) is 32.4 Å². The summed E-state index contributed by atoms with van der Waals surface area (Å²) in [4.78, 5) is 23.4. The first kappa shape index (κ1) is 29.7. The third-order valence-corrected chi connectivity index (χ3v) is 8.80. The van der Waals surface area contributed by atoms with Crippen LogP contribution in [-0.4, -0.2) is 42.4 Å². The molecule has 0 saturated heterocycles. The van der Waals surface area contributed by atoms with Crippen molar-refractivity contribution in [2.75, 3.05) is 37.7 Å². The quantitative estimate of drug-likeness (QED) is 0.137. The molecule has 0 aliphatic carbocycles. The van der Waals surface area contributed by atoms with E-state index >= 15 is 0 Å². The largest absolute Gasteiger partial charge is 0.493 e. The Morgan fingerprint density at radius 2 is 1.62 bits per heavy atom. The Morgan fingerprint density at radius 3 is 2.33 bits per heavy atom. The molecule has 0 saturated carbocycles. The molecule has 0 aliphatic heterocycles. The highest BCUT2D eigenvalue weighted by atomic mass is 32.1. The van der Waals surface area contributed by atoms with Crippen molar-refractivity contribution in [3.8, 4) is 49.6 Å². The van der Waals surface area contributed by atoms with E-state index in [0.717, 1.165) is 26.7 Å². The Bertz CT molecular complexity index is 1960. The summed E-state index contributed by atoms with van der Waals surface area (Å²) in [6, 6.07) is 20.5. The predicted octanol–water partition coefficient (Wildman–Crippen LogP) is 7.50. The van der Waals surface area contributed by atoms with Crippen LogP contribution in [-0.2, 0) is 0 Å². The van der Waals surface area contributed by atoms with Crippen molar-refractivity contribution in [2.45, 2.75) is 6.92 Å². The van der Waals surface area contributed by atoms with Crippen LogP contribution in [0, 0.1) is 6.92 Å². The van der Waals surface area contributed by atoms with Crippen LogP contribution >= 0.6 is 22.7 Å². The van der Waals surface area contributed by atoms with Crippen LogP contribution in [0.5, 0.6) is 17.2 Å². The molecule has 0 unspecified atom stereocenters. The molecular weight excluding hydrogens is 613 g/mol. The van der Waals surface area contributed by atoms with Crippen LogP contribution in [0.2, 0.25) is 0 Å². The third kappa shape index (κ3) is 6.03. The molecule has 0 fully saturated rings. The maximum atomic E-state index is 13.3. The first-order valence-corrected chi connectivity index (χ1v) is 15.3. The monoisotopic (exact) mass is 640 g/mol. The standard InChI is InChI=1S/C32H28N6O5S2/c1-17-25(26(38-43-17)18-9-6-5-7-10-18)30(39)34-20-12-8-11-19(13-20)22-16-44-31(36-22)28-29(33)37-32(45-28)35-21-14-23(40-2)27(42-4)24(15-21)41-3/h5-16H,33H2,1-4H3,(H,34,39)(H,35,37). The minimum Gasteiger partial charge on any atom is -0.493 e. The van der Waals surface area contributed by atoms with Gasteiger partial charge in [-0.05, 0) is 19.1 Å². The number of amides is 1. The number of hydrogen-bond acceptors (Lipinski definition) is 12. The number of nitrogen functional groups attached to an aromatic ring is 1. The molecule has 45 heavy (non-hydrogen) atoms. The minimum absolute atomic E-state index is 0.312. The van der Waals surface area contributed by atoms with Crippen LogP contribution < -0.4 is 30.6 Å². The second kappa shape index (κ2) is 12.7. The van der Waals surface area contributed by atoms with E-state index in [2.05, 4.69) is 20.8 Å². The second-order valence-electron chi connectivity index (χ2n) is 9.67. The molecule has 0 bridgehead atoms. The number of methoxy groups -OCH3 is 3. The van der Waals surface area contributed by atoms with E-state index in [1.54, 1.807) is 40.4 Å². The number of hydrogen-bond donors (Lipinski definition) is 3. The molecule has 0 aliphatic rings. The number of anilines is 4. The number of rotatable bonds is 10. The summed E-state index contributed by atoms with van der Waals surface area (Å²) >= 11 is 2.83. The highest BCUT2D eigenvalue weighted by molar-refractivity contribution is 7.23. The summed E-state index contributed by atoms with van der Waals surface area (Å²) in [5.74, 6) is 2.01. The fourth-order valence-electron chi connectivity index (χ4n) is 4.71. The van der Waals surface area contributed by atoms with Gasteiger partial charge < -0.3 is 35.1 Å². The Labute approximate surface area is 266 Å². The van der Waals surface area contributed by atoms with Crippen molar-refractivity contribution in [1.82, 2.24) is 15.1 Å². The van der Waals surface area contributed by atoms with Crippen LogP contribution in [0.4, 0.5) is 22.3 Å². The number of benzene rings is 3. The number of ether oxygens (including phenoxy) is 3. The summed E-state index contributed by atoms with van der Waals surface area (Å²) < 4.78 is 21.7. The van der Waals surface area contributed by atoms with Gasteiger partial charge in [0.25, 0.3) is 5.91 Å². The molecule has 13 heteroatoms. The predicted molar refractivity (Wildman–Crippen MR) is 177 cm³/mol. The summed E-state index contributed by atoms with van der Waals surface area (Å²) in [6.45, 7) is 1.72. The first-order valence-electron chi connectivity index (χ1n) is 13.6. The van der Waals surface area contributed by atoms with Crippen LogP contribution in [0.3, 0.4) is 0 Å². The lowest BCUT2D eigenvalue weighted by atomic mass is 10.1. The Kier molecular flexibility index (Phi) is 8.36. The second-order valence-corrected chi connectivity index (χ2v) is 11.5. The first-order chi connectivity index (χ1) is 21.9. The molecule has 228 valence electrons. The number of aromatic nitrogens is 3. The molecule has 1 amide bonds. The molecule has 0 atom stereocenters. The normalized spacial score (nSPS) is 10.8. The van der Waals surface area contributed by atoms with Gasteiger partial charge in [-0.25, -0.2) is 9.97 Å². The van der Waals surface area contributed by atoms with E-state index < -0.39 is 0 Å². The number of nitrogens with zero attached hydrogens (tertiary/aromatic N) is 3. The summed E-state index contributed by atoms with van der Waals surface area (Å²) in [5.41, 5.74) is 10.9. The number of carbonyl (C=O) groups is 1. The maximum Gasteiger partial charge on any atom is 0.261 e. The average molecular weight is 641 g/mol. The van der Waals surface area contributed by atoms with Crippen molar-refractivity contribution in [3.63, 3.8) is 0 Å². The molecule has 4 N–H and O–H groups in total. The van der Waals surface area contributed by atoms with Crippen LogP contribution in [0.1, 0.15) is 16.1 Å². The average Bonchev–Trinajstić information content (AvgIpc) is 3.79. The Hall–Kier alpha value is -5.40. The smallest absolute Gasteiger partial charge is 0.261 e. The molecule has 6 aromatic rings. The molecule has 3 aromatic heterocycles. The molecule has 11 nitrogen and oxygen atoms in total. The minimum atomic E-state index is -0.312. The van der Waals surface area contributed by atoms with Gasteiger partial charge in [0.1, 0.15) is 32.7 Å². The van der Waals surface area contributed by atoms with Gasteiger partial charge in [-0.2, -0.15) is 0 Å². The highest BCUT2D eigenvalue weighted by Crippen LogP contribution is 2.43. The Balaban J connectivity index is 1.21. The van der Waals surface area contributed by atoms with Gasteiger partial charge in [0.05, 0.1) is 27.0 Å². The van der Waals surface area contributed by atoms with E-state index in [1.807, 2.05) is 60.0 Å². The summed E-state index contributed by atoms with van der Waals surface area (Å²) in [5, 5.41) is 13.6. The van der Waals surface area contributed by atoms with Gasteiger partial charge in [-0.1, -0.05) is 59.0 Å². The van der Waals surface area contributed by atoms with Gasteiger partial charge in [0.15, 0.2) is 16.6 Å². The maximum absolute atomic E-state index is 13.3. The topological polar surface area (TPSA) is 147 Å². The summed E-state index contributed by atoms with van der Waals surface area (Å²) in [6.07, 6.45) is 0. The third-order valence-electron chi connectivity index (χ3n) is 6.82. The number of nitrogens with two attached hydrogens (primary N) is 1. The fraction of sp³-hybridized carbons (Fsp3) is 0.125. The fourth-order valence-corrected chi connectivity index (χ4v) is 6.54. The van der Waals surface area contributed by atoms with Gasteiger partial charge in [0.2, 0.25) is 5.75 Å². The van der Waals surface area contributed by atoms with Gasteiger partial charge in [0, 0.05) is 40.0 Å². The highest BCUT2D eigenvalue weighted by Gasteiger charge is 2.22. The zero-order valence-corrected chi connectivity index (χ0v) is 26.3.